The van der Waals surface area contributed by atoms with E-state index < -0.39 is 12.1 Å². The minimum atomic E-state index is -5.08. The molecule has 0 radical (unpaired) electrons. The highest BCUT2D eigenvalue weighted by atomic mass is 19.4. The monoisotopic (exact) mass is 431 g/mol. The van der Waals surface area contributed by atoms with Gasteiger partial charge < -0.3 is 19.8 Å². The number of carboxylic acid groups (broad SMARTS) is 1. The Morgan fingerprint density at radius 3 is 2.43 bits per heavy atom. The number of alkyl halides is 3. The molecule has 11 heteroatoms. The van der Waals surface area contributed by atoms with Gasteiger partial charge in [0.05, 0.1) is 11.1 Å². The second-order valence-electron chi connectivity index (χ2n) is 7.99. The minimum absolute atomic E-state index is 0.211. The van der Waals surface area contributed by atoms with Gasteiger partial charge in [-0.2, -0.15) is 18.3 Å². The standard InChI is InChI=1S/C17H27N5O.C2HF3O2/c1-14-5-6-15(19-18-14)22-9-4-7-17(13-22)8-10-21(16(17)23)12-11-20(2)3;3-2(4,5)1(6)7/h5-6H,4,7-13H2,1-3H3;(H,6,7). The molecule has 3 heterocycles. The molecule has 0 aromatic carbocycles. The number of likely N-dealkylation sites (tertiary alicyclic amines) is 1. The second kappa shape index (κ2) is 9.59. The smallest absolute Gasteiger partial charge is 0.475 e. The van der Waals surface area contributed by atoms with E-state index in [2.05, 4.69) is 34.1 Å². The Labute approximate surface area is 173 Å². The number of carboxylic acids is 1. The van der Waals surface area contributed by atoms with Crippen molar-refractivity contribution >= 4 is 17.7 Å². The SMILES string of the molecule is Cc1ccc(N2CCCC3(CCN(CCN(C)C)C3=O)C2)nn1.O=C(O)C(F)(F)F. The fourth-order valence-electron chi connectivity index (χ4n) is 3.69. The normalized spacial score (nSPS) is 21.8. The summed E-state index contributed by atoms with van der Waals surface area (Å²) in [5, 5.41) is 15.6. The van der Waals surface area contributed by atoms with Crippen molar-refractivity contribution in [1.29, 1.82) is 0 Å². The average molecular weight is 431 g/mol. The third kappa shape index (κ3) is 6.04. The fourth-order valence-corrected chi connectivity index (χ4v) is 3.69. The van der Waals surface area contributed by atoms with Crippen molar-refractivity contribution in [3.05, 3.63) is 17.8 Å². The van der Waals surface area contributed by atoms with E-state index in [1.165, 1.54) is 0 Å². The average Bonchev–Trinajstić information content (AvgIpc) is 2.96. The molecule has 1 atom stereocenters. The number of likely N-dealkylation sites (N-methyl/N-ethyl adjacent to an activating group) is 1. The first-order valence-corrected chi connectivity index (χ1v) is 9.74. The van der Waals surface area contributed by atoms with Crippen LogP contribution in [0.25, 0.3) is 0 Å². The summed E-state index contributed by atoms with van der Waals surface area (Å²) in [7, 11) is 4.10. The third-order valence-electron chi connectivity index (χ3n) is 5.35. The molecule has 8 nitrogen and oxygen atoms in total. The molecule has 1 aromatic heterocycles. The molecule has 0 aliphatic carbocycles. The molecular weight excluding hydrogens is 403 g/mol. The lowest BCUT2D eigenvalue weighted by Crippen LogP contribution is -2.48. The number of anilines is 1. The number of rotatable bonds is 4. The van der Waals surface area contributed by atoms with Crippen LogP contribution in [0.4, 0.5) is 19.0 Å². The molecule has 1 spiro atoms. The van der Waals surface area contributed by atoms with E-state index in [4.69, 9.17) is 9.90 Å². The summed E-state index contributed by atoms with van der Waals surface area (Å²) in [5.74, 6) is -1.52. The zero-order valence-electron chi connectivity index (χ0n) is 17.4. The lowest BCUT2D eigenvalue weighted by molar-refractivity contribution is -0.192. The number of carbonyl (C=O) groups is 2. The van der Waals surface area contributed by atoms with E-state index in [1.54, 1.807) is 0 Å². The van der Waals surface area contributed by atoms with E-state index in [0.29, 0.717) is 5.91 Å². The molecule has 1 aromatic rings. The van der Waals surface area contributed by atoms with Crippen LogP contribution in [-0.2, 0) is 9.59 Å². The zero-order valence-corrected chi connectivity index (χ0v) is 17.4. The molecule has 3 rings (SSSR count). The van der Waals surface area contributed by atoms with Crippen molar-refractivity contribution in [2.24, 2.45) is 5.41 Å². The number of amides is 1. The largest absolute Gasteiger partial charge is 0.490 e. The maximum absolute atomic E-state index is 13.0. The van der Waals surface area contributed by atoms with Gasteiger partial charge in [-0.3, -0.25) is 4.79 Å². The summed E-state index contributed by atoms with van der Waals surface area (Å²) in [6, 6.07) is 4.01. The number of nitrogens with zero attached hydrogens (tertiary/aromatic N) is 5. The van der Waals surface area contributed by atoms with Crippen LogP contribution in [0.5, 0.6) is 0 Å². The van der Waals surface area contributed by atoms with Gasteiger partial charge in [0.25, 0.3) is 0 Å². The maximum Gasteiger partial charge on any atom is 0.490 e. The molecule has 1 N–H and O–H groups in total. The van der Waals surface area contributed by atoms with Gasteiger partial charge in [0.1, 0.15) is 0 Å². The van der Waals surface area contributed by atoms with Crippen molar-refractivity contribution in [2.75, 3.05) is 51.7 Å². The van der Waals surface area contributed by atoms with Crippen LogP contribution in [0.15, 0.2) is 12.1 Å². The number of hydrogen-bond donors (Lipinski definition) is 1. The van der Waals surface area contributed by atoms with Crippen LogP contribution in [0, 0.1) is 12.3 Å². The van der Waals surface area contributed by atoms with Crippen LogP contribution in [0.2, 0.25) is 0 Å². The Kier molecular flexibility index (Phi) is 7.62. The molecular formula is C19H28F3N5O3. The van der Waals surface area contributed by atoms with Gasteiger partial charge in [0.15, 0.2) is 5.82 Å². The fraction of sp³-hybridized carbons (Fsp3) is 0.684. The summed E-state index contributed by atoms with van der Waals surface area (Å²) in [6.45, 7) is 6.33. The number of halogens is 3. The molecule has 2 aliphatic heterocycles. The number of aliphatic carboxylic acids is 1. The minimum Gasteiger partial charge on any atom is -0.475 e. The summed E-state index contributed by atoms with van der Waals surface area (Å²) in [6.07, 6.45) is -2.07. The molecule has 0 saturated carbocycles. The van der Waals surface area contributed by atoms with Gasteiger partial charge in [-0.05, 0) is 52.4 Å². The molecule has 2 aliphatic rings. The van der Waals surface area contributed by atoms with Crippen molar-refractivity contribution in [2.45, 2.75) is 32.4 Å². The number of aromatic nitrogens is 2. The van der Waals surface area contributed by atoms with E-state index in [9.17, 15) is 18.0 Å². The Morgan fingerprint density at radius 1 is 1.23 bits per heavy atom. The van der Waals surface area contributed by atoms with Crippen LogP contribution in [0.3, 0.4) is 0 Å². The number of carbonyl (C=O) groups excluding carboxylic acids is 1. The summed E-state index contributed by atoms with van der Waals surface area (Å²) >= 11 is 0. The summed E-state index contributed by atoms with van der Waals surface area (Å²) < 4.78 is 31.7. The predicted octanol–water partition coefficient (Wildman–Crippen LogP) is 1.80. The van der Waals surface area contributed by atoms with Crippen molar-refractivity contribution in [3.8, 4) is 0 Å². The summed E-state index contributed by atoms with van der Waals surface area (Å²) in [4.78, 5) is 28.3. The van der Waals surface area contributed by atoms with Crippen LogP contribution in [-0.4, -0.2) is 90.0 Å². The Hall–Kier alpha value is -2.43. The van der Waals surface area contributed by atoms with Gasteiger partial charge in [0.2, 0.25) is 5.91 Å². The van der Waals surface area contributed by atoms with Crippen molar-refractivity contribution < 1.29 is 27.9 Å². The maximum atomic E-state index is 13.0. The van der Waals surface area contributed by atoms with Gasteiger partial charge in [0, 0.05) is 32.7 Å². The van der Waals surface area contributed by atoms with Gasteiger partial charge in [-0.15, -0.1) is 5.10 Å². The Morgan fingerprint density at radius 2 is 1.90 bits per heavy atom. The highest BCUT2D eigenvalue weighted by Crippen LogP contribution is 2.40. The number of piperidine rings is 1. The predicted molar refractivity (Wildman–Crippen MR) is 104 cm³/mol. The summed E-state index contributed by atoms with van der Waals surface area (Å²) in [5.41, 5.74) is 0.712. The highest BCUT2D eigenvalue weighted by molar-refractivity contribution is 5.85. The second-order valence-corrected chi connectivity index (χ2v) is 7.99. The third-order valence-corrected chi connectivity index (χ3v) is 5.35. The zero-order chi connectivity index (χ0) is 22.5. The first kappa shape index (κ1) is 23.8. The molecule has 168 valence electrons. The van der Waals surface area contributed by atoms with E-state index in [0.717, 1.165) is 63.5 Å². The molecule has 1 unspecified atom stereocenters. The molecule has 0 bridgehead atoms. The number of aryl methyl sites for hydroxylation is 1. The van der Waals surface area contributed by atoms with E-state index in [-0.39, 0.29) is 5.41 Å². The molecule has 2 saturated heterocycles. The van der Waals surface area contributed by atoms with E-state index >= 15 is 0 Å². The van der Waals surface area contributed by atoms with Crippen LogP contribution < -0.4 is 4.90 Å². The Balaban J connectivity index is 0.000000396. The van der Waals surface area contributed by atoms with Gasteiger partial charge >= 0.3 is 12.1 Å². The van der Waals surface area contributed by atoms with Crippen LogP contribution in [0.1, 0.15) is 25.0 Å². The molecule has 1 amide bonds. The topological polar surface area (TPSA) is 89.9 Å². The molecule has 2 fully saturated rings. The van der Waals surface area contributed by atoms with Gasteiger partial charge in [-0.25, -0.2) is 4.79 Å². The Bertz CT molecular complexity index is 742. The first-order chi connectivity index (χ1) is 13.9. The van der Waals surface area contributed by atoms with Crippen molar-refractivity contribution in [3.63, 3.8) is 0 Å². The van der Waals surface area contributed by atoms with E-state index in [1.807, 2.05) is 24.0 Å². The lowest BCUT2D eigenvalue weighted by Gasteiger charge is -2.39. The highest BCUT2D eigenvalue weighted by Gasteiger charge is 2.48. The van der Waals surface area contributed by atoms with Crippen molar-refractivity contribution in [1.82, 2.24) is 20.0 Å². The first-order valence-electron chi connectivity index (χ1n) is 9.74. The molecule has 30 heavy (non-hydrogen) atoms. The van der Waals surface area contributed by atoms with Crippen LogP contribution >= 0.6 is 0 Å². The van der Waals surface area contributed by atoms with Gasteiger partial charge in [-0.1, -0.05) is 0 Å². The lowest BCUT2D eigenvalue weighted by atomic mass is 9.78. The number of hydrogen-bond acceptors (Lipinski definition) is 6. The quantitative estimate of drug-likeness (QED) is 0.778.